The van der Waals surface area contributed by atoms with Gasteiger partial charge in [-0.15, -0.1) is 24.8 Å². The molecule has 0 heterocycles. The van der Waals surface area contributed by atoms with Crippen LogP contribution in [-0.4, -0.2) is 27.2 Å². The summed E-state index contributed by atoms with van der Waals surface area (Å²) in [6.07, 6.45) is 1.10. The molecule has 2 aromatic rings. The van der Waals surface area contributed by atoms with Crippen molar-refractivity contribution < 1.29 is 9.47 Å². The zero-order valence-electron chi connectivity index (χ0n) is 16.0. The summed E-state index contributed by atoms with van der Waals surface area (Å²) in [5, 5.41) is 6.59. The van der Waals surface area contributed by atoms with Gasteiger partial charge in [0.2, 0.25) is 0 Å². The molecule has 7 heteroatoms. The van der Waals surface area contributed by atoms with Crippen molar-refractivity contribution in [3.8, 4) is 11.5 Å². The third-order valence-corrected chi connectivity index (χ3v) is 4.49. The number of nitrogens with one attached hydrogen (secondary N) is 2. The van der Waals surface area contributed by atoms with Gasteiger partial charge in [-0.25, -0.2) is 0 Å². The van der Waals surface area contributed by atoms with Gasteiger partial charge in [0.25, 0.3) is 0 Å². The second-order valence-electron chi connectivity index (χ2n) is 6.02. The van der Waals surface area contributed by atoms with Crippen LogP contribution < -0.4 is 20.1 Å². The molecular formula is C20H29BrCl2N2O2. The van der Waals surface area contributed by atoms with E-state index in [1.165, 1.54) is 5.56 Å². The molecule has 0 aromatic heterocycles. The number of methoxy groups -OCH3 is 1. The molecule has 0 spiro atoms. The van der Waals surface area contributed by atoms with Crippen LogP contribution in [0.25, 0.3) is 0 Å². The van der Waals surface area contributed by atoms with Crippen LogP contribution in [0.2, 0.25) is 0 Å². The molecule has 0 atom stereocenters. The maximum Gasteiger partial charge on any atom is 0.175 e. The van der Waals surface area contributed by atoms with Crippen molar-refractivity contribution in [2.45, 2.75) is 26.5 Å². The number of hydrogen-bond acceptors (Lipinski definition) is 4. The second-order valence-corrected chi connectivity index (χ2v) is 6.87. The Labute approximate surface area is 183 Å². The number of hydrogen-bond donors (Lipinski definition) is 2. The van der Waals surface area contributed by atoms with Gasteiger partial charge in [0.05, 0.1) is 11.6 Å². The first kappa shape index (κ1) is 26.0. The van der Waals surface area contributed by atoms with E-state index in [4.69, 9.17) is 9.47 Å². The highest BCUT2D eigenvalue weighted by Gasteiger charge is 2.12. The van der Waals surface area contributed by atoms with E-state index >= 15 is 0 Å². The molecule has 0 unspecified atom stereocenters. The van der Waals surface area contributed by atoms with E-state index in [1.807, 2.05) is 13.1 Å². The van der Waals surface area contributed by atoms with Crippen molar-refractivity contribution in [3.63, 3.8) is 0 Å². The van der Waals surface area contributed by atoms with E-state index in [-0.39, 0.29) is 24.8 Å². The summed E-state index contributed by atoms with van der Waals surface area (Å²) >= 11 is 3.62. The van der Waals surface area contributed by atoms with E-state index < -0.39 is 0 Å². The molecule has 27 heavy (non-hydrogen) atoms. The molecule has 4 nitrogen and oxygen atoms in total. The maximum absolute atomic E-state index is 6.00. The summed E-state index contributed by atoms with van der Waals surface area (Å²) in [5.74, 6) is 1.48. The van der Waals surface area contributed by atoms with Crippen LogP contribution >= 0.6 is 40.7 Å². The van der Waals surface area contributed by atoms with Gasteiger partial charge in [-0.1, -0.05) is 29.8 Å². The Kier molecular flexibility index (Phi) is 13.6. The third kappa shape index (κ3) is 8.71. The Hall–Kier alpha value is -0.980. The van der Waals surface area contributed by atoms with Crippen LogP contribution in [0.1, 0.15) is 23.1 Å². The highest BCUT2D eigenvalue weighted by atomic mass is 79.9. The number of rotatable bonds is 10. The molecule has 0 bridgehead atoms. The average Bonchev–Trinajstić information content (AvgIpc) is 2.61. The fraction of sp³-hybridized carbons (Fsp3) is 0.400. The standard InChI is InChI=1S/C20H27BrN2O2.2ClH/c1-15-5-7-16(8-6-15)14-25-20-18(21)11-17(12-19(20)24-3)13-23-10-4-9-22-2;;/h5-8,11-12,22-23H,4,9-10,13-14H2,1-3H3;2*1H. The van der Waals surface area contributed by atoms with Gasteiger partial charge in [0, 0.05) is 6.54 Å². The van der Waals surface area contributed by atoms with Gasteiger partial charge in [-0.05, 0) is 72.7 Å². The molecule has 0 amide bonds. The van der Waals surface area contributed by atoms with Gasteiger partial charge < -0.3 is 20.1 Å². The van der Waals surface area contributed by atoms with E-state index in [0.717, 1.165) is 53.2 Å². The number of ether oxygens (including phenoxy) is 2. The molecule has 0 radical (unpaired) electrons. The molecule has 0 aliphatic carbocycles. The number of aryl methyl sites for hydroxylation is 1. The van der Waals surface area contributed by atoms with Crippen molar-refractivity contribution in [2.75, 3.05) is 27.2 Å². The summed E-state index contributed by atoms with van der Waals surface area (Å²) in [6, 6.07) is 12.5. The summed E-state index contributed by atoms with van der Waals surface area (Å²) in [7, 11) is 3.64. The first-order valence-electron chi connectivity index (χ1n) is 8.54. The molecular weight excluding hydrogens is 451 g/mol. The largest absolute Gasteiger partial charge is 0.493 e. The Morgan fingerprint density at radius 3 is 2.33 bits per heavy atom. The van der Waals surface area contributed by atoms with E-state index in [1.54, 1.807) is 7.11 Å². The molecule has 0 fully saturated rings. The molecule has 0 saturated carbocycles. The van der Waals surface area contributed by atoms with Crippen molar-refractivity contribution in [1.29, 1.82) is 0 Å². The predicted molar refractivity (Wildman–Crippen MR) is 121 cm³/mol. The Morgan fingerprint density at radius 1 is 1.00 bits per heavy atom. The summed E-state index contributed by atoms with van der Waals surface area (Å²) in [5.41, 5.74) is 3.54. The van der Waals surface area contributed by atoms with Crippen LogP contribution in [0.5, 0.6) is 11.5 Å². The van der Waals surface area contributed by atoms with Gasteiger partial charge in [0.15, 0.2) is 11.5 Å². The van der Waals surface area contributed by atoms with E-state index in [0.29, 0.717) is 6.61 Å². The Bertz CT molecular complexity index is 670. The Morgan fingerprint density at radius 2 is 1.70 bits per heavy atom. The normalized spacial score (nSPS) is 9.93. The van der Waals surface area contributed by atoms with Crippen LogP contribution in [0.4, 0.5) is 0 Å². The SMILES string of the molecule is CNCCCNCc1cc(Br)c(OCc2ccc(C)cc2)c(OC)c1.Cl.Cl. The lowest BCUT2D eigenvalue weighted by Crippen LogP contribution is -2.19. The summed E-state index contributed by atoms with van der Waals surface area (Å²) in [6.45, 7) is 5.39. The topological polar surface area (TPSA) is 42.5 Å². The first-order chi connectivity index (χ1) is 12.1. The Balaban J connectivity index is 0.00000338. The highest BCUT2D eigenvalue weighted by Crippen LogP contribution is 2.37. The average molecular weight is 480 g/mol. The first-order valence-corrected chi connectivity index (χ1v) is 9.33. The van der Waals surface area contributed by atoms with Gasteiger partial charge >= 0.3 is 0 Å². The monoisotopic (exact) mass is 478 g/mol. The molecule has 2 aromatic carbocycles. The molecule has 0 aliphatic heterocycles. The summed E-state index contributed by atoms with van der Waals surface area (Å²) < 4.78 is 12.4. The van der Waals surface area contributed by atoms with Crippen LogP contribution in [0.3, 0.4) is 0 Å². The van der Waals surface area contributed by atoms with Crippen LogP contribution in [0, 0.1) is 6.92 Å². The third-order valence-electron chi connectivity index (χ3n) is 3.90. The maximum atomic E-state index is 6.00. The number of halogens is 3. The minimum absolute atomic E-state index is 0. The summed E-state index contributed by atoms with van der Waals surface area (Å²) in [4.78, 5) is 0. The lowest BCUT2D eigenvalue weighted by atomic mass is 10.1. The quantitative estimate of drug-likeness (QED) is 0.476. The van der Waals surface area contributed by atoms with Crippen LogP contribution in [-0.2, 0) is 13.2 Å². The van der Waals surface area contributed by atoms with E-state index in [9.17, 15) is 0 Å². The molecule has 0 saturated heterocycles. The minimum Gasteiger partial charge on any atom is -0.493 e. The molecule has 0 aliphatic rings. The zero-order valence-corrected chi connectivity index (χ0v) is 19.2. The van der Waals surface area contributed by atoms with Gasteiger partial charge in [-0.2, -0.15) is 0 Å². The fourth-order valence-electron chi connectivity index (χ4n) is 2.48. The van der Waals surface area contributed by atoms with Crippen molar-refractivity contribution >= 4 is 40.7 Å². The smallest absolute Gasteiger partial charge is 0.175 e. The molecule has 2 rings (SSSR count). The number of benzene rings is 2. The fourth-order valence-corrected chi connectivity index (χ4v) is 3.08. The van der Waals surface area contributed by atoms with Crippen molar-refractivity contribution in [3.05, 3.63) is 57.6 Å². The van der Waals surface area contributed by atoms with Crippen LogP contribution in [0.15, 0.2) is 40.9 Å². The molecule has 152 valence electrons. The van der Waals surface area contributed by atoms with Crippen molar-refractivity contribution in [2.24, 2.45) is 0 Å². The van der Waals surface area contributed by atoms with Gasteiger partial charge in [-0.3, -0.25) is 0 Å². The highest BCUT2D eigenvalue weighted by molar-refractivity contribution is 9.10. The molecule has 2 N–H and O–H groups in total. The lowest BCUT2D eigenvalue weighted by molar-refractivity contribution is 0.282. The second kappa shape index (κ2) is 14.1. The van der Waals surface area contributed by atoms with Crippen molar-refractivity contribution in [1.82, 2.24) is 10.6 Å². The predicted octanol–water partition coefficient (Wildman–Crippen LogP) is 4.89. The van der Waals surface area contributed by atoms with Gasteiger partial charge in [0.1, 0.15) is 6.61 Å². The lowest BCUT2D eigenvalue weighted by Gasteiger charge is -2.15. The minimum atomic E-state index is 0. The van der Waals surface area contributed by atoms with E-state index in [2.05, 4.69) is 63.8 Å². The zero-order chi connectivity index (χ0) is 18.1.